The van der Waals surface area contributed by atoms with Gasteiger partial charge in [-0.2, -0.15) is 0 Å². The first-order valence-electron chi connectivity index (χ1n) is 7.72. The highest BCUT2D eigenvalue weighted by molar-refractivity contribution is 6.17. The van der Waals surface area contributed by atoms with Crippen molar-refractivity contribution < 1.29 is 8.78 Å². The van der Waals surface area contributed by atoms with Gasteiger partial charge in [-0.15, -0.1) is 11.6 Å². The molecule has 2 aromatic carbocycles. The average Bonchev–Trinajstić information content (AvgIpc) is 2.57. The molecule has 2 aromatic rings. The first-order valence-corrected chi connectivity index (χ1v) is 8.25. The van der Waals surface area contributed by atoms with E-state index in [1.165, 1.54) is 17.7 Å². The Morgan fingerprint density at radius 2 is 1.52 bits per heavy atom. The van der Waals surface area contributed by atoms with E-state index in [1.807, 2.05) is 17.0 Å². The molecule has 1 aliphatic rings. The van der Waals surface area contributed by atoms with Crippen LogP contribution in [0.25, 0.3) is 0 Å². The van der Waals surface area contributed by atoms with E-state index >= 15 is 0 Å². The summed E-state index contributed by atoms with van der Waals surface area (Å²) < 4.78 is 26.8. The quantitative estimate of drug-likeness (QED) is 0.778. The molecule has 0 saturated carbocycles. The van der Waals surface area contributed by atoms with Gasteiger partial charge in [0.05, 0.1) is 5.69 Å². The van der Waals surface area contributed by atoms with Crippen LogP contribution >= 0.6 is 11.6 Å². The van der Waals surface area contributed by atoms with Gasteiger partial charge in [-0.25, -0.2) is 8.78 Å². The van der Waals surface area contributed by atoms with Crippen molar-refractivity contribution in [3.63, 3.8) is 0 Å². The van der Waals surface area contributed by atoms with Crippen LogP contribution in [-0.4, -0.2) is 31.1 Å². The van der Waals surface area contributed by atoms with Crippen molar-refractivity contribution in [1.82, 2.24) is 4.90 Å². The third-order valence-corrected chi connectivity index (χ3v) is 4.51. The van der Waals surface area contributed by atoms with Crippen molar-refractivity contribution in [2.24, 2.45) is 0 Å². The summed E-state index contributed by atoms with van der Waals surface area (Å²) in [5.74, 6) is -0.497. The number of rotatable bonds is 4. The summed E-state index contributed by atoms with van der Waals surface area (Å²) >= 11 is 5.80. The molecule has 3 rings (SSSR count). The van der Waals surface area contributed by atoms with Crippen LogP contribution in [0.1, 0.15) is 11.1 Å². The minimum Gasteiger partial charge on any atom is -0.367 e. The van der Waals surface area contributed by atoms with Gasteiger partial charge in [-0.3, -0.25) is 4.90 Å². The summed E-state index contributed by atoms with van der Waals surface area (Å²) in [6.45, 7) is 4.06. The monoisotopic (exact) mass is 336 g/mol. The number of benzene rings is 2. The van der Waals surface area contributed by atoms with Crippen molar-refractivity contribution in [3.05, 3.63) is 65.2 Å². The fourth-order valence-corrected chi connectivity index (χ4v) is 3.05. The zero-order chi connectivity index (χ0) is 16.2. The van der Waals surface area contributed by atoms with Crippen molar-refractivity contribution in [1.29, 1.82) is 0 Å². The molecule has 1 heterocycles. The molecule has 23 heavy (non-hydrogen) atoms. The zero-order valence-electron chi connectivity index (χ0n) is 12.8. The Hall–Kier alpha value is -1.65. The van der Waals surface area contributed by atoms with Gasteiger partial charge in [0.25, 0.3) is 0 Å². The summed E-state index contributed by atoms with van der Waals surface area (Å²) in [5.41, 5.74) is 2.85. The Bertz CT molecular complexity index is 653. The Kier molecular flexibility index (Phi) is 5.13. The second kappa shape index (κ2) is 7.28. The molecule has 0 atom stereocenters. The van der Waals surface area contributed by atoms with E-state index in [0.717, 1.165) is 44.4 Å². The van der Waals surface area contributed by atoms with Gasteiger partial charge in [0.15, 0.2) is 0 Å². The van der Waals surface area contributed by atoms with Gasteiger partial charge in [-0.1, -0.05) is 24.3 Å². The molecule has 0 amide bonds. The molecular weight excluding hydrogens is 318 g/mol. The van der Waals surface area contributed by atoms with E-state index in [2.05, 4.69) is 17.0 Å². The summed E-state index contributed by atoms with van der Waals surface area (Å²) in [6.07, 6.45) is 0. The molecule has 1 saturated heterocycles. The van der Waals surface area contributed by atoms with Crippen LogP contribution in [0, 0.1) is 11.6 Å². The maximum atomic E-state index is 13.8. The fourth-order valence-electron chi connectivity index (χ4n) is 2.88. The first-order chi connectivity index (χ1) is 11.2. The second-order valence-electron chi connectivity index (χ2n) is 5.81. The molecule has 122 valence electrons. The van der Waals surface area contributed by atoms with Crippen molar-refractivity contribution in [2.75, 3.05) is 31.1 Å². The second-order valence-corrected chi connectivity index (χ2v) is 6.08. The molecule has 1 aliphatic heterocycles. The molecular formula is C18H19ClF2N2. The van der Waals surface area contributed by atoms with Gasteiger partial charge >= 0.3 is 0 Å². The van der Waals surface area contributed by atoms with E-state index in [-0.39, 0.29) is 0 Å². The minimum absolute atomic E-state index is 0.484. The molecule has 0 spiro atoms. The number of alkyl halides is 1. The van der Waals surface area contributed by atoms with Gasteiger partial charge in [0.1, 0.15) is 11.6 Å². The lowest BCUT2D eigenvalue weighted by Crippen LogP contribution is -2.46. The standard InChI is InChI=1S/C18H19ClF2N2/c19-12-14-1-3-15(4-2-14)13-22-7-9-23(10-8-22)18-6-5-16(20)11-17(18)21/h1-6,11H,7-10,12-13H2. The first kappa shape index (κ1) is 16.2. The predicted molar refractivity (Wildman–Crippen MR) is 89.8 cm³/mol. The molecule has 0 aromatic heterocycles. The number of halogens is 3. The highest BCUT2D eigenvalue weighted by Gasteiger charge is 2.19. The number of hydrogen-bond acceptors (Lipinski definition) is 2. The van der Waals surface area contributed by atoms with E-state index in [4.69, 9.17) is 11.6 Å². The molecule has 0 radical (unpaired) electrons. The SMILES string of the molecule is Fc1ccc(N2CCN(Cc3ccc(CCl)cc3)CC2)c(F)c1. The highest BCUT2D eigenvalue weighted by atomic mass is 35.5. The van der Waals surface area contributed by atoms with Crippen LogP contribution in [-0.2, 0) is 12.4 Å². The predicted octanol–water partition coefficient (Wildman–Crippen LogP) is 4.03. The van der Waals surface area contributed by atoms with Gasteiger partial charge in [0, 0.05) is 44.7 Å². The smallest absolute Gasteiger partial charge is 0.149 e. The van der Waals surface area contributed by atoms with Gasteiger partial charge in [0.2, 0.25) is 0 Å². The summed E-state index contributed by atoms with van der Waals surface area (Å²) in [6, 6.07) is 12.1. The normalized spacial score (nSPS) is 15.9. The van der Waals surface area contributed by atoms with E-state index in [0.29, 0.717) is 11.6 Å². The summed E-state index contributed by atoms with van der Waals surface area (Å²) in [5, 5.41) is 0. The zero-order valence-corrected chi connectivity index (χ0v) is 13.6. The Morgan fingerprint density at radius 3 is 2.13 bits per heavy atom. The van der Waals surface area contributed by atoms with Crippen LogP contribution in [0.5, 0.6) is 0 Å². The molecule has 2 nitrogen and oxygen atoms in total. The largest absolute Gasteiger partial charge is 0.367 e. The van der Waals surface area contributed by atoms with Crippen LogP contribution in [0.3, 0.4) is 0 Å². The molecule has 1 fully saturated rings. The van der Waals surface area contributed by atoms with Crippen LogP contribution < -0.4 is 4.90 Å². The molecule has 0 unspecified atom stereocenters. The third kappa shape index (κ3) is 4.01. The molecule has 5 heteroatoms. The fraction of sp³-hybridized carbons (Fsp3) is 0.333. The Labute approximate surface area is 140 Å². The van der Waals surface area contributed by atoms with E-state index in [9.17, 15) is 8.78 Å². The van der Waals surface area contributed by atoms with Crippen molar-refractivity contribution in [3.8, 4) is 0 Å². The average molecular weight is 337 g/mol. The van der Waals surface area contributed by atoms with Crippen LogP contribution in [0.2, 0.25) is 0 Å². The third-order valence-electron chi connectivity index (χ3n) is 4.21. The minimum atomic E-state index is -0.537. The Morgan fingerprint density at radius 1 is 0.870 bits per heavy atom. The number of hydrogen-bond donors (Lipinski definition) is 0. The Balaban J connectivity index is 1.57. The number of piperazine rings is 1. The topological polar surface area (TPSA) is 6.48 Å². The number of nitrogens with zero attached hydrogens (tertiary/aromatic N) is 2. The maximum absolute atomic E-state index is 13.8. The lowest BCUT2D eigenvalue weighted by atomic mass is 10.1. The molecule has 0 N–H and O–H groups in total. The lowest BCUT2D eigenvalue weighted by Gasteiger charge is -2.36. The molecule has 0 bridgehead atoms. The molecule has 0 aliphatic carbocycles. The summed E-state index contributed by atoms with van der Waals surface area (Å²) in [7, 11) is 0. The van der Waals surface area contributed by atoms with E-state index in [1.54, 1.807) is 0 Å². The maximum Gasteiger partial charge on any atom is 0.149 e. The van der Waals surface area contributed by atoms with Crippen LogP contribution in [0.4, 0.5) is 14.5 Å². The van der Waals surface area contributed by atoms with Gasteiger partial charge in [-0.05, 0) is 23.3 Å². The van der Waals surface area contributed by atoms with E-state index < -0.39 is 11.6 Å². The highest BCUT2D eigenvalue weighted by Crippen LogP contribution is 2.22. The van der Waals surface area contributed by atoms with Crippen molar-refractivity contribution >= 4 is 17.3 Å². The van der Waals surface area contributed by atoms with Crippen LogP contribution in [0.15, 0.2) is 42.5 Å². The number of anilines is 1. The lowest BCUT2D eigenvalue weighted by molar-refractivity contribution is 0.249. The van der Waals surface area contributed by atoms with Gasteiger partial charge < -0.3 is 4.90 Å². The summed E-state index contributed by atoms with van der Waals surface area (Å²) in [4.78, 5) is 4.31. The van der Waals surface area contributed by atoms with Crippen molar-refractivity contribution in [2.45, 2.75) is 12.4 Å².